The summed E-state index contributed by atoms with van der Waals surface area (Å²) in [6, 6.07) is 10.8. The summed E-state index contributed by atoms with van der Waals surface area (Å²) in [6.45, 7) is 7.08. The highest BCUT2D eigenvalue weighted by Crippen LogP contribution is 2.20. The Kier molecular flexibility index (Phi) is 10.2. The molecule has 188 valence electrons. The highest BCUT2D eigenvalue weighted by atomic mass is 16.8. The zero-order valence-electron chi connectivity index (χ0n) is 18.9. The van der Waals surface area contributed by atoms with Gasteiger partial charge in [-0.2, -0.15) is 0 Å². The van der Waals surface area contributed by atoms with Gasteiger partial charge in [0.2, 0.25) is 13.1 Å². The Bertz CT molecular complexity index is 1120. The zero-order valence-corrected chi connectivity index (χ0v) is 18.9. The van der Waals surface area contributed by atoms with E-state index in [0.29, 0.717) is 0 Å². The van der Waals surface area contributed by atoms with Crippen LogP contribution in [-0.4, -0.2) is 43.3 Å². The van der Waals surface area contributed by atoms with Gasteiger partial charge in [0.1, 0.15) is 17.2 Å². The molecule has 1 atom stereocenters. The minimum absolute atomic E-state index is 0.0615. The van der Waals surface area contributed by atoms with Gasteiger partial charge in [-0.25, -0.2) is 24.0 Å². The summed E-state index contributed by atoms with van der Waals surface area (Å²) < 4.78 is 33.5. The molecule has 2 aromatic rings. The molecule has 0 radical (unpaired) electrons. The number of hydrogen-bond acceptors (Lipinski definition) is 12. The second kappa shape index (κ2) is 13.5. The van der Waals surface area contributed by atoms with E-state index in [1.165, 1.54) is 55.5 Å². The number of carbonyl (C=O) groups is 5. The topological polar surface area (TPSA) is 150 Å². The molecule has 2 aromatic carbocycles. The molecule has 0 spiro atoms. The third-order valence-corrected chi connectivity index (χ3v) is 3.78. The van der Waals surface area contributed by atoms with Gasteiger partial charge in [-0.05, 0) is 48.5 Å². The molecule has 0 amide bonds. The van der Waals surface area contributed by atoms with E-state index >= 15 is 0 Å². The van der Waals surface area contributed by atoms with Crippen LogP contribution in [-0.2, 0) is 28.5 Å². The molecular weight excluding hydrogens is 480 g/mol. The Morgan fingerprint density at radius 3 is 1.75 bits per heavy atom. The van der Waals surface area contributed by atoms with E-state index in [9.17, 15) is 24.0 Å². The van der Waals surface area contributed by atoms with Crippen molar-refractivity contribution in [2.75, 3.05) is 6.79 Å². The lowest BCUT2D eigenvalue weighted by atomic mass is 10.2. The molecule has 0 fully saturated rings. The number of carbonyl (C=O) groups excluding carboxylic acids is 5. The van der Waals surface area contributed by atoms with Crippen LogP contribution in [0.2, 0.25) is 0 Å². The number of ether oxygens (including phenoxy) is 7. The van der Waals surface area contributed by atoms with E-state index in [1.807, 2.05) is 0 Å². The molecule has 36 heavy (non-hydrogen) atoms. The summed E-state index contributed by atoms with van der Waals surface area (Å²) in [5.74, 6) is -1.97. The summed E-state index contributed by atoms with van der Waals surface area (Å²) in [5.41, 5.74) is 0.141. The maximum atomic E-state index is 12.3. The summed E-state index contributed by atoms with van der Waals surface area (Å²) in [6.07, 6.45) is -1.62. The maximum Gasteiger partial charge on any atom is 0.516 e. The molecule has 0 N–H and O–H groups in total. The second-order valence-corrected chi connectivity index (χ2v) is 6.35. The molecule has 0 saturated carbocycles. The smallest absolute Gasteiger partial charge is 0.425 e. The first-order valence-electron chi connectivity index (χ1n) is 9.97. The van der Waals surface area contributed by atoms with Gasteiger partial charge in [0, 0.05) is 19.1 Å². The molecule has 2 rings (SSSR count). The van der Waals surface area contributed by atoms with Crippen LogP contribution in [0.25, 0.3) is 0 Å². The van der Waals surface area contributed by atoms with Crippen LogP contribution in [0, 0.1) is 0 Å². The highest BCUT2D eigenvalue weighted by Gasteiger charge is 2.16. The minimum Gasteiger partial charge on any atom is -0.425 e. The Morgan fingerprint density at radius 2 is 1.19 bits per heavy atom. The van der Waals surface area contributed by atoms with E-state index in [2.05, 4.69) is 27.4 Å². The van der Waals surface area contributed by atoms with Crippen molar-refractivity contribution in [1.29, 1.82) is 0 Å². The lowest BCUT2D eigenvalue weighted by Crippen LogP contribution is -2.22. The minimum atomic E-state index is -1.19. The molecule has 0 aliphatic rings. The SMILES string of the molecule is C=CC(=O)OCOC(=O)Oc1ccc(OC(=O)c2ccc(OC(=O)OC(C)OC(=O)C=C)cc2)cc1. The van der Waals surface area contributed by atoms with E-state index < -0.39 is 43.3 Å². The summed E-state index contributed by atoms with van der Waals surface area (Å²) in [5, 5.41) is 0. The van der Waals surface area contributed by atoms with Crippen molar-refractivity contribution in [1.82, 2.24) is 0 Å². The first-order valence-corrected chi connectivity index (χ1v) is 9.97. The van der Waals surface area contributed by atoms with Gasteiger partial charge in [0.15, 0.2) is 0 Å². The molecular formula is C24H20O12. The quantitative estimate of drug-likeness (QED) is 0.154. The fourth-order valence-corrected chi connectivity index (χ4v) is 2.21. The van der Waals surface area contributed by atoms with Gasteiger partial charge in [-0.3, -0.25) is 0 Å². The lowest BCUT2D eigenvalue weighted by molar-refractivity contribution is -0.160. The first-order chi connectivity index (χ1) is 17.2. The van der Waals surface area contributed by atoms with Gasteiger partial charge in [0.05, 0.1) is 5.56 Å². The van der Waals surface area contributed by atoms with E-state index in [1.54, 1.807) is 0 Å². The Labute approximate surface area is 204 Å². The van der Waals surface area contributed by atoms with Gasteiger partial charge in [-0.1, -0.05) is 13.2 Å². The monoisotopic (exact) mass is 500 g/mol. The third kappa shape index (κ3) is 9.39. The number of esters is 3. The highest BCUT2D eigenvalue weighted by molar-refractivity contribution is 5.91. The molecule has 0 aliphatic carbocycles. The van der Waals surface area contributed by atoms with Crippen LogP contribution in [0.1, 0.15) is 17.3 Å². The van der Waals surface area contributed by atoms with Crippen LogP contribution < -0.4 is 14.2 Å². The maximum absolute atomic E-state index is 12.3. The molecule has 0 saturated heterocycles. The fraction of sp³-hybridized carbons (Fsp3) is 0.125. The lowest BCUT2D eigenvalue weighted by Gasteiger charge is -2.12. The van der Waals surface area contributed by atoms with E-state index in [4.69, 9.17) is 18.9 Å². The largest absolute Gasteiger partial charge is 0.516 e. The zero-order chi connectivity index (χ0) is 26.5. The summed E-state index contributed by atoms with van der Waals surface area (Å²) in [7, 11) is 0. The Balaban J connectivity index is 1.82. The standard InChI is InChI=1S/C24H20O12/c1-4-20(25)30-14-31-23(28)35-19-12-10-17(11-13-19)34-22(27)16-6-8-18(9-7-16)36-24(29)33-15(3)32-21(26)5-2/h4-13,15H,1-2,14H2,3H3. The Hall–Kier alpha value is -5.13. The normalized spacial score (nSPS) is 10.6. The van der Waals surface area contributed by atoms with Gasteiger partial charge < -0.3 is 33.2 Å². The first kappa shape index (κ1) is 27.1. The predicted molar refractivity (Wildman–Crippen MR) is 119 cm³/mol. The molecule has 12 heteroatoms. The molecule has 0 bridgehead atoms. The fourth-order valence-electron chi connectivity index (χ4n) is 2.21. The second-order valence-electron chi connectivity index (χ2n) is 6.35. The van der Waals surface area contributed by atoms with Crippen molar-refractivity contribution in [3.05, 3.63) is 79.4 Å². The van der Waals surface area contributed by atoms with Crippen molar-refractivity contribution >= 4 is 30.2 Å². The molecule has 0 heterocycles. The molecule has 12 nitrogen and oxygen atoms in total. The predicted octanol–water partition coefficient (Wildman–Crippen LogP) is 3.70. The number of hydrogen-bond donors (Lipinski definition) is 0. The Morgan fingerprint density at radius 1 is 0.694 bits per heavy atom. The van der Waals surface area contributed by atoms with Crippen LogP contribution in [0.4, 0.5) is 9.59 Å². The molecule has 1 unspecified atom stereocenters. The van der Waals surface area contributed by atoms with Crippen LogP contribution in [0.3, 0.4) is 0 Å². The molecule has 0 aliphatic heterocycles. The van der Waals surface area contributed by atoms with E-state index in [0.717, 1.165) is 12.2 Å². The van der Waals surface area contributed by atoms with Gasteiger partial charge >= 0.3 is 30.2 Å². The average molecular weight is 500 g/mol. The van der Waals surface area contributed by atoms with Crippen molar-refractivity contribution in [2.45, 2.75) is 13.2 Å². The van der Waals surface area contributed by atoms with Crippen molar-refractivity contribution in [2.24, 2.45) is 0 Å². The van der Waals surface area contributed by atoms with E-state index in [-0.39, 0.29) is 22.8 Å². The van der Waals surface area contributed by atoms with Crippen molar-refractivity contribution in [3.63, 3.8) is 0 Å². The van der Waals surface area contributed by atoms with Crippen molar-refractivity contribution < 1.29 is 57.1 Å². The van der Waals surface area contributed by atoms with Crippen LogP contribution in [0.15, 0.2) is 73.8 Å². The van der Waals surface area contributed by atoms with Gasteiger partial charge in [-0.15, -0.1) is 0 Å². The summed E-state index contributed by atoms with van der Waals surface area (Å²) in [4.78, 5) is 57.5. The van der Waals surface area contributed by atoms with Crippen molar-refractivity contribution in [3.8, 4) is 17.2 Å². The average Bonchev–Trinajstić information content (AvgIpc) is 2.85. The molecule has 0 aromatic heterocycles. The number of benzene rings is 2. The number of rotatable bonds is 10. The summed E-state index contributed by atoms with van der Waals surface area (Å²) >= 11 is 0. The van der Waals surface area contributed by atoms with Crippen LogP contribution >= 0.6 is 0 Å². The third-order valence-electron chi connectivity index (χ3n) is 3.78. The van der Waals surface area contributed by atoms with Crippen LogP contribution in [0.5, 0.6) is 17.2 Å². The van der Waals surface area contributed by atoms with Gasteiger partial charge in [0.25, 0.3) is 0 Å².